The van der Waals surface area contributed by atoms with E-state index in [0.717, 1.165) is 22.3 Å². The van der Waals surface area contributed by atoms with Crippen molar-refractivity contribution in [3.8, 4) is 5.75 Å². The minimum absolute atomic E-state index is 0.0443. The monoisotopic (exact) mass is 505 g/mol. The van der Waals surface area contributed by atoms with E-state index < -0.39 is 6.04 Å². The largest absolute Gasteiger partial charge is 0.489 e. The number of ether oxygens (including phenoxy) is 1. The maximum atomic E-state index is 13.8. The SMILES string of the molecule is Cc1ccc2oc3c(c(=O)c2c1)C(c1ccc(OCc2ccccc2)cc1)N(Cc1ccc(F)cc1)C3=O. The average molecular weight is 506 g/mol. The summed E-state index contributed by atoms with van der Waals surface area (Å²) in [7, 11) is 0. The zero-order chi connectivity index (χ0) is 26.2. The van der Waals surface area contributed by atoms with Crippen LogP contribution in [-0.4, -0.2) is 10.8 Å². The van der Waals surface area contributed by atoms with Gasteiger partial charge in [-0.15, -0.1) is 0 Å². The first kappa shape index (κ1) is 23.7. The predicted octanol–water partition coefficient (Wildman–Crippen LogP) is 6.56. The van der Waals surface area contributed by atoms with Crippen LogP contribution >= 0.6 is 0 Å². The van der Waals surface area contributed by atoms with Crippen LogP contribution in [0.25, 0.3) is 11.0 Å². The van der Waals surface area contributed by atoms with Crippen LogP contribution in [0.1, 0.15) is 44.4 Å². The molecule has 0 radical (unpaired) electrons. The van der Waals surface area contributed by atoms with Crippen LogP contribution in [0, 0.1) is 12.7 Å². The molecule has 1 atom stereocenters. The highest BCUT2D eigenvalue weighted by Crippen LogP contribution is 2.39. The van der Waals surface area contributed by atoms with Crippen LogP contribution < -0.4 is 10.2 Å². The smallest absolute Gasteiger partial charge is 0.291 e. The Bertz CT molecular complexity index is 1690. The molecule has 1 unspecified atom stereocenters. The fraction of sp³-hybridized carbons (Fsp3) is 0.125. The average Bonchev–Trinajstić information content (AvgIpc) is 3.21. The van der Waals surface area contributed by atoms with Crippen molar-refractivity contribution in [3.63, 3.8) is 0 Å². The van der Waals surface area contributed by atoms with E-state index in [-0.39, 0.29) is 29.5 Å². The molecule has 188 valence electrons. The maximum absolute atomic E-state index is 13.8. The molecule has 6 heteroatoms. The number of nitrogens with zero attached hydrogens (tertiary/aromatic N) is 1. The minimum atomic E-state index is -0.660. The summed E-state index contributed by atoms with van der Waals surface area (Å²) >= 11 is 0. The molecule has 5 aromatic rings. The van der Waals surface area contributed by atoms with Crippen molar-refractivity contribution >= 4 is 16.9 Å². The molecule has 0 N–H and O–H groups in total. The molecule has 0 saturated heterocycles. The van der Waals surface area contributed by atoms with Crippen LogP contribution in [0.2, 0.25) is 0 Å². The lowest BCUT2D eigenvalue weighted by atomic mass is 9.98. The van der Waals surface area contributed by atoms with Crippen LogP contribution in [0.3, 0.4) is 0 Å². The topological polar surface area (TPSA) is 59.8 Å². The Morgan fingerprint density at radius 2 is 1.61 bits per heavy atom. The number of amides is 1. The number of halogens is 1. The van der Waals surface area contributed by atoms with E-state index in [0.29, 0.717) is 28.9 Å². The fourth-order valence-electron chi connectivity index (χ4n) is 4.92. The van der Waals surface area contributed by atoms with E-state index in [2.05, 4.69) is 0 Å². The van der Waals surface area contributed by atoms with Gasteiger partial charge in [-0.2, -0.15) is 0 Å². The Morgan fingerprint density at radius 1 is 0.868 bits per heavy atom. The van der Waals surface area contributed by atoms with Crippen molar-refractivity contribution in [3.05, 3.63) is 147 Å². The number of rotatable bonds is 6. The zero-order valence-corrected chi connectivity index (χ0v) is 20.7. The van der Waals surface area contributed by atoms with Crippen molar-refractivity contribution in [2.45, 2.75) is 26.1 Å². The van der Waals surface area contributed by atoms with Crippen molar-refractivity contribution in [1.29, 1.82) is 0 Å². The van der Waals surface area contributed by atoms with Gasteiger partial charge in [0.1, 0.15) is 23.8 Å². The molecule has 0 aliphatic carbocycles. The Hall–Kier alpha value is -4.71. The quantitative estimate of drug-likeness (QED) is 0.262. The second kappa shape index (κ2) is 9.63. The molecule has 1 aliphatic heterocycles. The lowest BCUT2D eigenvalue weighted by molar-refractivity contribution is 0.0714. The number of hydrogen-bond donors (Lipinski definition) is 0. The lowest BCUT2D eigenvalue weighted by Crippen LogP contribution is -2.29. The highest BCUT2D eigenvalue weighted by atomic mass is 19.1. The second-order valence-electron chi connectivity index (χ2n) is 9.48. The minimum Gasteiger partial charge on any atom is -0.489 e. The fourth-order valence-corrected chi connectivity index (χ4v) is 4.92. The summed E-state index contributed by atoms with van der Waals surface area (Å²) in [4.78, 5) is 29.0. The molecule has 0 spiro atoms. The number of carbonyl (C=O) groups excluding carboxylic acids is 1. The van der Waals surface area contributed by atoms with E-state index >= 15 is 0 Å². The van der Waals surface area contributed by atoms with Gasteiger partial charge in [-0.3, -0.25) is 9.59 Å². The van der Waals surface area contributed by atoms with Gasteiger partial charge >= 0.3 is 0 Å². The highest BCUT2D eigenvalue weighted by molar-refractivity contribution is 5.99. The third-order valence-electron chi connectivity index (χ3n) is 6.83. The molecule has 6 rings (SSSR count). The van der Waals surface area contributed by atoms with Gasteiger partial charge in [0, 0.05) is 6.54 Å². The molecule has 2 heterocycles. The van der Waals surface area contributed by atoms with Crippen molar-refractivity contribution in [2.75, 3.05) is 0 Å². The summed E-state index contributed by atoms with van der Waals surface area (Å²) in [5.74, 6) is -0.0135. The van der Waals surface area contributed by atoms with Gasteiger partial charge in [-0.05, 0) is 60.0 Å². The Balaban J connectivity index is 1.40. The number of hydrogen-bond acceptors (Lipinski definition) is 4. The van der Waals surface area contributed by atoms with Gasteiger partial charge in [-0.25, -0.2) is 4.39 Å². The van der Waals surface area contributed by atoms with E-state index in [1.54, 1.807) is 29.2 Å². The molecule has 4 aromatic carbocycles. The lowest BCUT2D eigenvalue weighted by Gasteiger charge is -2.25. The van der Waals surface area contributed by atoms with Crippen LogP contribution in [0.15, 0.2) is 106 Å². The van der Waals surface area contributed by atoms with Crippen LogP contribution in [-0.2, 0) is 13.2 Å². The number of carbonyl (C=O) groups is 1. The number of aryl methyl sites for hydroxylation is 1. The predicted molar refractivity (Wildman–Crippen MR) is 143 cm³/mol. The van der Waals surface area contributed by atoms with Gasteiger partial charge in [0.05, 0.1) is 17.0 Å². The Labute approximate surface area is 218 Å². The summed E-state index contributed by atoms with van der Waals surface area (Å²) in [6.45, 7) is 2.52. The Morgan fingerprint density at radius 3 is 2.34 bits per heavy atom. The van der Waals surface area contributed by atoms with Gasteiger partial charge in [0.15, 0.2) is 5.43 Å². The summed E-state index contributed by atoms with van der Waals surface area (Å²) in [5.41, 5.74) is 3.94. The maximum Gasteiger partial charge on any atom is 0.291 e. The molecular formula is C32H24FNO4. The van der Waals surface area contributed by atoms with E-state index in [4.69, 9.17) is 9.15 Å². The highest BCUT2D eigenvalue weighted by Gasteiger charge is 2.42. The first-order valence-corrected chi connectivity index (χ1v) is 12.4. The molecule has 5 nitrogen and oxygen atoms in total. The van der Waals surface area contributed by atoms with Gasteiger partial charge < -0.3 is 14.1 Å². The standard InChI is InChI=1S/C32H24FNO4/c1-20-7-16-27-26(17-20)30(35)28-29(23-10-14-25(15-11-23)37-19-22-5-3-2-4-6-22)34(32(36)31(28)38-27)18-21-8-12-24(33)13-9-21/h2-17,29H,18-19H2,1H3. The first-order valence-electron chi connectivity index (χ1n) is 12.4. The van der Waals surface area contributed by atoms with Crippen molar-refractivity contribution in [2.24, 2.45) is 0 Å². The summed E-state index contributed by atoms with van der Waals surface area (Å²) in [6.07, 6.45) is 0. The molecule has 0 fully saturated rings. The molecular weight excluding hydrogens is 481 g/mol. The van der Waals surface area contributed by atoms with Crippen LogP contribution in [0.5, 0.6) is 5.75 Å². The second-order valence-corrected chi connectivity index (χ2v) is 9.48. The van der Waals surface area contributed by atoms with E-state index in [1.807, 2.05) is 67.6 Å². The third kappa shape index (κ3) is 4.34. The first-order chi connectivity index (χ1) is 18.5. The molecule has 0 bridgehead atoms. The van der Waals surface area contributed by atoms with Gasteiger partial charge in [0.25, 0.3) is 5.91 Å². The zero-order valence-electron chi connectivity index (χ0n) is 20.7. The van der Waals surface area contributed by atoms with E-state index in [1.165, 1.54) is 12.1 Å². The normalized spacial score (nSPS) is 14.6. The van der Waals surface area contributed by atoms with Crippen LogP contribution in [0.4, 0.5) is 4.39 Å². The van der Waals surface area contributed by atoms with Crippen molar-refractivity contribution < 1.29 is 18.3 Å². The molecule has 1 aromatic heterocycles. The van der Waals surface area contributed by atoms with E-state index in [9.17, 15) is 14.0 Å². The molecule has 38 heavy (non-hydrogen) atoms. The third-order valence-corrected chi connectivity index (χ3v) is 6.83. The van der Waals surface area contributed by atoms with Gasteiger partial charge in [-0.1, -0.05) is 66.2 Å². The van der Waals surface area contributed by atoms with Crippen molar-refractivity contribution in [1.82, 2.24) is 4.90 Å². The molecule has 0 saturated carbocycles. The summed E-state index contributed by atoms with van der Waals surface area (Å²) in [5, 5.41) is 0.438. The number of fused-ring (bicyclic) bond motifs is 2. The van der Waals surface area contributed by atoms with Gasteiger partial charge in [0.2, 0.25) is 5.76 Å². The summed E-state index contributed by atoms with van der Waals surface area (Å²) in [6, 6.07) is 28.0. The summed E-state index contributed by atoms with van der Waals surface area (Å²) < 4.78 is 25.5. The Kier molecular flexibility index (Phi) is 6.00. The molecule has 1 amide bonds. The number of benzene rings is 4. The molecule has 1 aliphatic rings.